The first-order chi connectivity index (χ1) is 20.2. The molecule has 4 aromatic rings. The highest BCUT2D eigenvalue weighted by Gasteiger charge is 2.35. The first kappa shape index (κ1) is 28.6. The number of nitriles is 1. The fourth-order valence-corrected chi connectivity index (χ4v) is 5.35. The van der Waals surface area contributed by atoms with Crippen LogP contribution in [0.2, 0.25) is 0 Å². The third-order valence-electron chi connectivity index (χ3n) is 7.76. The summed E-state index contributed by atoms with van der Waals surface area (Å²) >= 11 is 0. The molecule has 7 nitrogen and oxygen atoms in total. The Bertz CT molecular complexity index is 1730. The summed E-state index contributed by atoms with van der Waals surface area (Å²) < 4.78 is 10.9. The van der Waals surface area contributed by atoms with Gasteiger partial charge in [0.1, 0.15) is 11.8 Å². The maximum atomic E-state index is 13.8. The standard InChI is InChI=1S/C35H33N3O4/c1-35(2,3)25-18-24(17-22-13-15-26(41-4)16-14-22)33-28(19-25)32(27-10-6-8-12-30(27)38-33)34(40)42-21-31(39)37-29-11-7-5-9-23(29)20-36/h5-17,25H,18-19,21H2,1-4H3,(H,37,39)/b24-17-/t25-/m0/s1. The molecule has 3 aromatic carbocycles. The second-order valence-electron chi connectivity index (χ2n) is 11.5. The molecular formula is C35H33N3O4. The van der Waals surface area contributed by atoms with E-state index in [-0.39, 0.29) is 11.3 Å². The summed E-state index contributed by atoms with van der Waals surface area (Å²) in [4.78, 5) is 31.6. The second-order valence-corrected chi connectivity index (χ2v) is 11.5. The molecule has 1 heterocycles. The van der Waals surface area contributed by atoms with Crippen molar-refractivity contribution in [3.8, 4) is 11.8 Å². The van der Waals surface area contributed by atoms with Crippen molar-refractivity contribution in [2.24, 2.45) is 11.3 Å². The van der Waals surface area contributed by atoms with E-state index in [9.17, 15) is 14.9 Å². The SMILES string of the molecule is COc1ccc(/C=C2/C[C@H](C(C)(C)C)Cc3c2nc2ccccc2c3C(=O)OCC(=O)Nc2ccccc2C#N)cc1. The Labute approximate surface area is 245 Å². The number of pyridine rings is 1. The van der Waals surface area contributed by atoms with Gasteiger partial charge in [-0.3, -0.25) is 4.79 Å². The lowest BCUT2D eigenvalue weighted by atomic mass is 9.69. The van der Waals surface area contributed by atoms with Gasteiger partial charge in [-0.25, -0.2) is 9.78 Å². The van der Waals surface area contributed by atoms with Crippen molar-refractivity contribution in [3.05, 3.63) is 101 Å². The zero-order valence-electron chi connectivity index (χ0n) is 24.2. The van der Waals surface area contributed by atoms with E-state index in [2.05, 4.69) is 32.2 Å². The van der Waals surface area contributed by atoms with Crippen LogP contribution in [0.5, 0.6) is 5.75 Å². The average molecular weight is 560 g/mol. The summed E-state index contributed by atoms with van der Waals surface area (Å²) in [5, 5.41) is 12.7. The molecule has 0 aliphatic heterocycles. The minimum atomic E-state index is -0.577. The van der Waals surface area contributed by atoms with Gasteiger partial charge in [0, 0.05) is 5.39 Å². The molecule has 1 atom stereocenters. The maximum absolute atomic E-state index is 13.8. The third-order valence-corrected chi connectivity index (χ3v) is 7.76. The highest BCUT2D eigenvalue weighted by atomic mass is 16.5. The van der Waals surface area contributed by atoms with Gasteiger partial charge in [-0.05, 0) is 77.3 Å². The van der Waals surface area contributed by atoms with Crippen LogP contribution in [0.3, 0.4) is 0 Å². The van der Waals surface area contributed by atoms with Gasteiger partial charge in [0.2, 0.25) is 0 Å². The minimum absolute atomic E-state index is 0.0302. The fraction of sp³-hybridized carbons (Fsp3) is 0.257. The zero-order chi connectivity index (χ0) is 29.9. The van der Waals surface area contributed by atoms with Crippen LogP contribution in [0.4, 0.5) is 5.69 Å². The number of allylic oxidation sites excluding steroid dienone is 1. The van der Waals surface area contributed by atoms with E-state index in [0.717, 1.165) is 34.6 Å². The van der Waals surface area contributed by atoms with E-state index in [4.69, 9.17) is 14.5 Å². The van der Waals surface area contributed by atoms with E-state index in [1.165, 1.54) is 0 Å². The van der Waals surface area contributed by atoms with E-state index in [1.54, 1.807) is 31.4 Å². The number of methoxy groups -OCH3 is 1. The normalized spacial score (nSPS) is 15.5. The molecular weight excluding hydrogens is 526 g/mol. The van der Waals surface area contributed by atoms with Crippen LogP contribution in [0.15, 0.2) is 72.8 Å². The van der Waals surface area contributed by atoms with Crippen LogP contribution in [-0.2, 0) is 16.0 Å². The molecule has 1 N–H and O–H groups in total. The van der Waals surface area contributed by atoms with Crippen LogP contribution >= 0.6 is 0 Å². The van der Waals surface area contributed by atoms with Crippen molar-refractivity contribution < 1.29 is 19.1 Å². The first-order valence-corrected chi connectivity index (χ1v) is 13.9. The smallest absolute Gasteiger partial charge is 0.339 e. The van der Waals surface area contributed by atoms with Gasteiger partial charge < -0.3 is 14.8 Å². The topological polar surface area (TPSA) is 101 Å². The lowest BCUT2D eigenvalue weighted by molar-refractivity contribution is -0.119. The maximum Gasteiger partial charge on any atom is 0.339 e. The number of nitrogens with one attached hydrogen (secondary N) is 1. The van der Waals surface area contributed by atoms with Crippen LogP contribution in [-0.4, -0.2) is 30.6 Å². The number of fused-ring (bicyclic) bond motifs is 2. The number of nitrogens with zero attached hydrogens (tertiary/aromatic N) is 2. The largest absolute Gasteiger partial charge is 0.497 e. The lowest BCUT2D eigenvalue weighted by Gasteiger charge is -2.36. The van der Waals surface area contributed by atoms with Gasteiger partial charge in [0.05, 0.1) is 35.1 Å². The number of carbonyl (C=O) groups excluding carboxylic acids is 2. The summed E-state index contributed by atoms with van der Waals surface area (Å²) in [6, 6.07) is 24.1. The minimum Gasteiger partial charge on any atom is -0.497 e. The summed E-state index contributed by atoms with van der Waals surface area (Å²) in [6.07, 6.45) is 3.60. The lowest BCUT2D eigenvalue weighted by Crippen LogP contribution is -2.29. The number of aromatic nitrogens is 1. The van der Waals surface area contributed by atoms with E-state index < -0.39 is 18.5 Å². The summed E-state index contributed by atoms with van der Waals surface area (Å²) in [5.41, 5.74) is 5.47. The Kier molecular flexibility index (Phi) is 8.08. The van der Waals surface area contributed by atoms with Gasteiger partial charge in [0.25, 0.3) is 5.91 Å². The number of ether oxygens (including phenoxy) is 2. The van der Waals surface area contributed by atoms with Crippen molar-refractivity contribution in [2.75, 3.05) is 19.0 Å². The Morgan fingerprint density at radius 2 is 1.74 bits per heavy atom. The van der Waals surface area contributed by atoms with Gasteiger partial charge in [-0.15, -0.1) is 0 Å². The molecule has 1 aromatic heterocycles. The first-order valence-electron chi connectivity index (χ1n) is 13.9. The van der Waals surface area contributed by atoms with Crippen molar-refractivity contribution >= 4 is 40.1 Å². The Balaban J connectivity index is 1.54. The number of amides is 1. The molecule has 0 saturated heterocycles. The molecule has 212 valence electrons. The second kappa shape index (κ2) is 11.9. The molecule has 0 bridgehead atoms. The van der Waals surface area contributed by atoms with Gasteiger partial charge in [-0.2, -0.15) is 5.26 Å². The van der Waals surface area contributed by atoms with Crippen molar-refractivity contribution in [1.29, 1.82) is 5.26 Å². The number of carbonyl (C=O) groups is 2. The Morgan fingerprint density at radius 1 is 1.02 bits per heavy atom. The number of esters is 1. The van der Waals surface area contributed by atoms with Crippen molar-refractivity contribution in [3.63, 3.8) is 0 Å². The number of anilines is 1. The zero-order valence-corrected chi connectivity index (χ0v) is 24.2. The molecule has 0 unspecified atom stereocenters. The Morgan fingerprint density at radius 3 is 2.45 bits per heavy atom. The molecule has 7 heteroatoms. The monoisotopic (exact) mass is 559 g/mol. The third kappa shape index (κ3) is 6.03. The summed E-state index contributed by atoms with van der Waals surface area (Å²) in [6.45, 7) is 6.15. The van der Waals surface area contributed by atoms with Crippen LogP contribution in [0.25, 0.3) is 22.6 Å². The number of hydrogen-bond donors (Lipinski definition) is 1. The quantitative estimate of drug-likeness (QED) is 0.254. The molecule has 42 heavy (non-hydrogen) atoms. The molecule has 1 aliphatic rings. The number of benzene rings is 3. The van der Waals surface area contributed by atoms with E-state index in [0.29, 0.717) is 34.1 Å². The van der Waals surface area contributed by atoms with Crippen LogP contribution in [0, 0.1) is 22.7 Å². The predicted molar refractivity (Wildman–Crippen MR) is 164 cm³/mol. The van der Waals surface area contributed by atoms with Crippen LogP contribution in [0.1, 0.15) is 59.9 Å². The van der Waals surface area contributed by atoms with Crippen LogP contribution < -0.4 is 10.1 Å². The summed E-state index contributed by atoms with van der Waals surface area (Å²) in [7, 11) is 1.64. The van der Waals surface area contributed by atoms with Crippen molar-refractivity contribution in [2.45, 2.75) is 33.6 Å². The molecule has 0 fully saturated rings. The molecule has 5 rings (SSSR count). The highest BCUT2D eigenvalue weighted by molar-refractivity contribution is 6.07. The molecule has 0 saturated carbocycles. The number of rotatable bonds is 6. The predicted octanol–water partition coefficient (Wildman–Crippen LogP) is 7.06. The summed E-state index contributed by atoms with van der Waals surface area (Å²) in [5.74, 6) is -0.0734. The highest BCUT2D eigenvalue weighted by Crippen LogP contribution is 2.45. The van der Waals surface area contributed by atoms with Gasteiger partial charge in [-0.1, -0.05) is 63.2 Å². The van der Waals surface area contributed by atoms with E-state index >= 15 is 0 Å². The molecule has 0 spiro atoms. The van der Waals surface area contributed by atoms with Gasteiger partial charge >= 0.3 is 5.97 Å². The Hall–Kier alpha value is -4.96. The average Bonchev–Trinajstić information content (AvgIpc) is 2.99. The van der Waals surface area contributed by atoms with Gasteiger partial charge in [0.15, 0.2) is 6.61 Å². The fourth-order valence-electron chi connectivity index (χ4n) is 5.35. The number of hydrogen-bond acceptors (Lipinski definition) is 6. The molecule has 1 amide bonds. The molecule has 1 aliphatic carbocycles. The van der Waals surface area contributed by atoms with E-state index in [1.807, 2.05) is 54.6 Å². The number of para-hydroxylation sites is 2. The van der Waals surface area contributed by atoms with Crippen molar-refractivity contribution in [1.82, 2.24) is 4.98 Å². The molecule has 0 radical (unpaired) electrons.